The highest BCUT2D eigenvalue weighted by atomic mass is 14.9. The molecule has 1 N–H and O–H groups in total. The number of hydrogen-bond donors (Lipinski definition) is 1. The summed E-state index contributed by atoms with van der Waals surface area (Å²) >= 11 is 0. The molecule has 2 aliphatic rings. The molecule has 1 heterocycles. The second-order valence-corrected chi connectivity index (χ2v) is 3.20. The van der Waals surface area contributed by atoms with Gasteiger partial charge in [-0.3, -0.25) is 0 Å². The van der Waals surface area contributed by atoms with Crippen LogP contribution in [0.4, 0.5) is 0 Å². The van der Waals surface area contributed by atoms with Crippen LogP contribution >= 0.6 is 0 Å². The van der Waals surface area contributed by atoms with Crippen molar-refractivity contribution in [2.24, 2.45) is 0 Å². The van der Waals surface area contributed by atoms with Crippen LogP contribution in [0.3, 0.4) is 0 Å². The minimum Gasteiger partial charge on any atom is -0.385 e. The van der Waals surface area contributed by atoms with Gasteiger partial charge in [0.05, 0.1) is 0 Å². The van der Waals surface area contributed by atoms with Crippen LogP contribution in [0.1, 0.15) is 19.8 Å². The van der Waals surface area contributed by atoms with Crippen LogP contribution in [0, 0.1) is 0 Å². The van der Waals surface area contributed by atoms with Gasteiger partial charge in [0.1, 0.15) is 0 Å². The van der Waals surface area contributed by atoms with Crippen LogP contribution in [-0.4, -0.2) is 6.54 Å². The molecular weight excluding hydrogens is 134 g/mol. The van der Waals surface area contributed by atoms with E-state index in [1.807, 2.05) is 0 Å². The fourth-order valence-electron chi connectivity index (χ4n) is 1.53. The van der Waals surface area contributed by atoms with Crippen molar-refractivity contribution in [3.8, 4) is 0 Å². The van der Waals surface area contributed by atoms with Gasteiger partial charge in [0, 0.05) is 12.2 Å². The molecule has 0 aromatic rings. The van der Waals surface area contributed by atoms with E-state index in [2.05, 4.69) is 30.5 Å². The molecule has 0 amide bonds. The Balaban J connectivity index is 2.33. The van der Waals surface area contributed by atoms with Crippen LogP contribution in [0.2, 0.25) is 0 Å². The van der Waals surface area contributed by atoms with Gasteiger partial charge in [-0.2, -0.15) is 0 Å². The van der Waals surface area contributed by atoms with Crippen LogP contribution in [0.25, 0.3) is 0 Å². The SMILES string of the molecule is CC1=CC=C2CCNC2=CC1. The minimum absolute atomic E-state index is 1.10. The monoisotopic (exact) mass is 147 g/mol. The zero-order valence-electron chi connectivity index (χ0n) is 6.85. The van der Waals surface area contributed by atoms with Crippen molar-refractivity contribution in [3.63, 3.8) is 0 Å². The smallest absolute Gasteiger partial charge is 0.0336 e. The summed E-state index contributed by atoms with van der Waals surface area (Å²) in [6, 6.07) is 0. The van der Waals surface area contributed by atoms with Gasteiger partial charge in [0.15, 0.2) is 0 Å². The summed E-state index contributed by atoms with van der Waals surface area (Å²) in [5, 5.41) is 3.38. The van der Waals surface area contributed by atoms with Gasteiger partial charge in [-0.25, -0.2) is 0 Å². The van der Waals surface area contributed by atoms with Crippen LogP contribution in [0.15, 0.2) is 35.1 Å². The summed E-state index contributed by atoms with van der Waals surface area (Å²) in [7, 11) is 0. The molecule has 2 rings (SSSR count). The number of allylic oxidation sites excluding steroid dienone is 5. The Morgan fingerprint density at radius 2 is 2.27 bits per heavy atom. The molecule has 0 aromatic heterocycles. The number of nitrogens with one attached hydrogen (secondary N) is 1. The van der Waals surface area contributed by atoms with E-state index in [-0.39, 0.29) is 0 Å². The molecule has 1 heteroatoms. The van der Waals surface area contributed by atoms with Crippen molar-refractivity contribution < 1.29 is 0 Å². The highest BCUT2D eigenvalue weighted by Gasteiger charge is 2.12. The normalized spacial score (nSPS) is 22.5. The Hall–Kier alpha value is -0.980. The molecule has 0 radical (unpaired) electrons. The quantitative estimate of drug-likeness (QED) is 0.553. The van der Waals surface area contributed by atoms with Gasteiger partial charge in [-0.05, 0) is 25.3 Å². The first-order valence-electron chi connectivity index (χ1n) is 4.17. The average molecular weight is 147 g/mol. The Kier molecular flexibility index (Phi) is 1.57. The lowest BCUT2D eigenvalue weighted by Crippen LogP contribution is -2.03. The third-order valence-corrected chi connectivity index (χ3v) is 2.25. The number of fused-ring (bicyclic) bond motifs is 1. The molecule has 58 valence electrons. The van der Waals surface area contributed by atoms with Crippen molar-refractivity contribution in [1.29, 1.82) is 0 Å². The molecule has 1 aliphatic heterocycles. The van der Waals surface area contributed by atoms with E-state index in [9.17, 15) is 0 Å². The van der Waals surface area contributed by atoms with E-state index in [0.717, 1.165) is 13.0 Å². The van der Waals surface area contributed by atoms with E-state index in [0.29, 0.717) is 0 Å². The van der Waals surface area contributed by atoms with Gasteiger partial charge >= 0.3 is 0 Å². The first-order valence-corrected chi connectivity index (χ1v) is 4.17. The van der Waals surface area contributed by atoms with Crippen LogP contribution in [0.5, 0.6) is 0 Å². The predicted octanol–water partition coefficient (Wildman–Crippen LogP) is 2.14. The largest absolute Gasteiger partial charge is 0.385 e. The van der Waals surface area contributed by atoms with Crippen molar-refractivity contribution in [2.75, 3.05) is 6.54 Å². The van der Waals surface area contributed by atoms with Gasteiger partial charge in [-0.15, -0.1) is 0 Å². The van der Waals surface area contributed by atoms with Gasteiger partial charge in [0.25, 0.3) is 0 Å². The van der Waals surface area contributed by atoms with Crippen molar-refractivity contribution in [3.05, 3.63) is 35.1 Å². The number of rotatable bonds is 0. The summed E-state index contributed by atoms with van der Waals surface area (Å²) in [6.07, 6.45) is 9.05. The molecule has 1 saturated heterocycles. The third-order valence-electron chi connectivity index (χ3n) is 2.25. The van der Waals surface area contributed by atoms with Crippen molar-refractivity contribution in [1.82, 2.24) is 5.32 Å². The molecule has 1 aliphatic carbocycles. The minimum atomic E-state index is 1.10. The van der Waals surface area contributed by atoms with E-state index >= 15 is 0 Å². The Bertz CT molecular complexity index is 256. The summed E-state index contributed by atoms with van der Waals surface area (Å²) in [4.78, 5) is 0. The van der Waals surface area contributed by atoms with Crippen molar-refractivity contribution >= 4 is 0 Å². The lowest BCUT2D eigenvalue weighted by Gasteiger charge is -1.97. The standard InChI is InChI=1S/C10H13N/c1-8-2-4-9-6-7-11-10(9)5-3-8/h2,4-5,11H,3,6-7H2,1H3. The second-order valence-electron chi connectivity index (χ2n) is 3.20. The molecule has 0 bridgehead atoms. The zero-order valence-corrected chi connectivity index (χ0v) is 6.85. The fourth-order valence-corrected chi connectivity index (χ4v) is 1.53. The summed E-state index contributed by atoms with van der Waals surface area (Å²) < 4.78 is 0. The fraction of sp³-hybridized carbons (Fsp3) is 0.400. The van der Waals surface area contributed by atoms with Gasteiger partial charge in [0.2, 0.25) is 0 Å². The molecule has 11 heavy (non-hydrogen) atoms. The lowest BCUT2D eigenvalue weighted by molar-refractivity contribution is 0.909. The highest BCUT2D eigenvalue weighted by molar-refractivity contribution is 5.40. The third kappa shape index (κ3) is 1.23. The molecule has 1 nitrogen and oxygen atoms in total. The molecule has 0 unspecified atom stereocenters. The Morgan fingerprint density at radius 1 is 1.36 bits per heavy atom. The van der Waals surface area contributed by atoms with E-state index in [1.54, 1.807) is 0 Å². The molecule has 0 saturated carbocycles. The van der Waals surface area contributed by atoms with E-state index in [4.69, 9.17) is 0 Å². The second kappa shape index (κ2) is 2.57. The van der Waals surface area contributed by atoms with Crippen LogP contribution < -0.4 is 5.32 Å². The van der Waals surface area contributed by atoms with E-state index < -0.39 is 0 Å². The summed E-state index contributed by atoms with van der Waals surface area (Å²) in [5.41, 5.74) is 4.28. The first kappa shape index (κ1) is 6.71. The van der Waals surface area contributed by atoms with E-state index in [1.165, 1.54) is 23.3 Å². The molecular formula is C10H13N. The zero-order chi connectivity index (χ0) is 7.68. The predicted molar refractivity (Wildman–Crippen MR) is 47.2 cm³/mol. The van der Waals surface area contributed by atoms with Crippen molar-refractivity contribution in [2.45, 2.75) is 19.8 Å². The number of hydrogen-bond acceptors (Lipinski definition) is 1. The maximum atomic E-state index is 3.38. The molecule has 1 fully saturated rings. The summed E-state index contributed by atoms with van der Waals surface area (Å²) in [5.74, 6) is 0. The van der Waals surface area contributed by atoms with Crippen LogP contribution in [-0.2, 0) is 0 Å². The topological polar surface area (TPSA) is 12.0 Å². The highest BCUT2D eigenvalue weighted by Crippen LogP contribution is 2.22. The maximum absolute atomic E-state index is 3.38. The molecule has 0 spiro atoms. The first-order chi connectivity index (χ1) is 5.36. The average Bonchev–Trinajstić information content (AvgIpc) is 2.38. The molecule has 0 atom stereocenters. The summed E-state index contributed by atoms with van der Waals surface area (Å²) in [6.45, 7) is 3.29. The lowest BCUT2D eigenvalue weighted by atomic mass is 10.2. The molecule has 0 aromatic carbocycles. The Morgan fingerprint density at radius 3 is 3.18 bits per heavy atom. The van der Waals surface area contributed by atoms with Gasteiger partial charge in [-0.1, -0.05) is 23.8 Å². The maximum Gasteiger partial charge on any atom is 0.0336 e. The van der Waals surface area contributed by atoms with Gasteiger partial charge < -0.3 is 5.32 Å². The Labute approximate surface area is 67.5 Å².